The van der Waals surface area contributed by atoms with Crippen LogP contribution in [0.25, 0.3) is 0 Å². The second kappa shape index (κ2) is 3.57. The lowest BCUT2D eigenvalue weighted by atomic mass is 9.88. The van der Waals surface area contributed by atoms with Gasteiger partial charge in [0.15, 0.2) is 0 Å². The highest BCUT2D eigenvalue weighted by molar-refractivity contribution is 4.97. The van der Waals surface area contributed by atoms with E-state index in [1.165, 1.54) is 25.8 Å². The molecule has 1 heteroatoms. The predicted molar refractivity (Wildman–Crippen MR) is 49.7 cm³/mol. The molecule has 1 aliphatic carbocycles. The van der Waals surface area contributed by atoms with Gasteiger partial charge in [-0.1, -0.05) is 27.2 Å². The molecule has 1 fully saturated rings. The summed E-state index contributed by atoms with van der Waals surface area (Å²) in [6.45, 7) is 9.25. The van der Waals surface area contributed by atoms with Crippen LogP contribution in [0.3, 0.4) is 0 Å². The lowest BCUT2D eigenvalue weighted by molar-refractivity contribution is 0.309. The summed E-state index contributed by atoms with van der Waals surface area (Å²) in [6.07, 6.45) is 4.25. The van der Waals surface area contributed by atoms with Crippen LogP contribution in [0.4, 0.5) is 0 Å². The molecule has 1 atom stereocenters. The summed E-state index contributed by atoms with van der Waals surface area (Å²) in [4.78, 5) is 0. The van der Waals surface area contributed by atoms with Crippen LogP contribution >= 0.6 is 0 Å². The van der Waals surface area contributed by atoms with E-state index >= 15 is 0 Å². The maximum Gasteiger partial charge on any atom is 0.00102 e. The zero-order valence-corrected chi connectivity index (χ0v) is 8.11. The van der Waals surface area contributed by atoms with Gasteiger partial charge in [0.2, 0.25) is 0 Å². The van der Waals surface area contributed by atoms with E-state index in [0.29, 0.717) is 5.41 Å². The fraction of sp³-hybridized carbons (Fsp3) is 1.00. The van der Waals surface area contributed by atoms with Gasteiger partial charge in [-0.05, 0) is 30.7 Å². The Morgan fingerprint density at radius 3 is 2.36 bits per heavy atom. The van der Waals surface area contributed by atoms with Crippen molar-refractivity contribution >= 4 is 0 Å². The number of hydrogen-bond donors (Lipinski definition) is 1. The molecule has 1 saturated carbocycles. The minimum Gasteiger partial charge on any atom is -0.316 e. The van der Waals surface area contributed by atoms with Crippen LogP contribution in [0.5, 0.6) is 0 Å². The van der Waals surface area contributed by atoms with Crippen LogP contribution in [-0.2, 0) is 0 Å². The van der Waals surface area contributed by atoms with Gasteiger partial charge in [0.25, 0.3) is 0 Å². The third-order valence-corrected chi connectivity index (χ3v) is 3.28. The van der Waals surface area contributed by atoms with Crippen LogP contribution in [-0.4, -0.2) is 13.1 Å². The highest BCUT2D eigenvalue weighted by Gasteiger charge is 2.45. The Bertz CT molecular complexity index is 116. The van der Waals surface area contributed by atoms with E-state index in [-0.39, 0.29) is 0 Å². The molecule has 0 aliphatic heterocycles. The zero-order chi connectivity index (χ0) is 8.32. The molecular formula is C10H21N. The maximum absolute atomic E-state index is 3.47. The van der Waals surface area contributed by atoms with Crippen molar-refractivity contribution in [2.75, 3.05) is 13.1 Å². The van der Waals surface area contributed by atoms with Crippen molar-refractivity contribution in [3.63, 3.8) is 0 Å². The van der Waals surface area contributed by atoms with E-state index in [1.54, 1.807) is 0 Å². The molecule has 1 nitrogen and oxygen atoms in total. The van der Waals surface area contributed by atoms with Gasteiger partial charge in [0.1, 0.15) is 0 Å². The molecule has 0 heterocycles. The highest BCUT2D eigenvalue weighted by Crippen LogP contribution is 2.52. The lowest BCUT2D eigenvalue weighted by Gasteiger charge is -2.22. The highest BCUT2D eigenvalue weighted by atomic mass is 14.9. The second-order valence-electron chi connectivity index (χ2n) is 3.95. The first-order valence-electron chi connectivity index (χ1n) is 4.96. The van der Waals surface area contributed by atoms with Crippen molar-refractivity contribution in [1.29, 1.82) is 0 Å². The van der Waals surface area contributed by atoms with E-state index in [9.17, 15) is 0 Å². The number of rotatable bonds is 5. The molecule has 1 unspecified atom stereocenters. The number of nitrogens with one attached hydrogen (secondary N) is 1. The van der Waals surface area contributed by atoms with E-state index < -0.39 is 0 Å². The van der Waals surface area contributed by atoms with Crippen molar-refractivity contribution in [3.8, 4) is 0 Å². The smallest absolute Gasteiger partial charge is 0.00102 e. The van der Waals surface area contributed by atoms with Crippen molar-refractivity contribution in [2.24, 2.45) is 11.3 Å². The summed E-state index contributed by atoms with van der Waals surface area (Å²) in [6, 6.07) is 0. The van der Waals surface area contributed by atoms with Crippen LogP contribution < -0.4 is 5.32 Å². The lowest BCUT2D eigenvalue weighted by Crippen LogP contribution is -2.28. The van der Waals surface area contributed by atoms with Gasteiger partial charge in [-0.25, -0.2) is 0 Å². The van der Waals surface area contributed by atoms with Gasteiger partial charge >= 0.3 is 0 Å². The molecule has 0 aromatic rings. The Balaban J connectivity index is 2.28. The van der Waals surface area contributed by atoms with E-state index in [0.717, 1.165) is 12.5 Å². The summed E-state index contributed by atoms with van der Waals surface area (Å²) < 4.78 is 0. The Hall–Kier alpha value is -0.0400. The van der Waals surface area contributed by atoms with Crippen LogP contribution in [0.15, 0.2) is 0 Å². The minimum absolute atomic E-state index is 0.699. The summed E-state index contributed by atoms with van der Waals surface area (Å²) in [7, 11) is 0. The number of hydrogen-bond acceptors (Lipinski definition) is 1. The van der Waals surface area contributed by atoms with Gasteiger partial charge in [-0.2, -0.15) is 0 Å². The molecule has 0 aromatic carbocycles. The van der Waals surface area contributed by atoms with Gasteiger partial charge in [-0.15, -0.1) is 0 Å². The summed E-state index contributed by atoms with van der Waals surface area (Å²) in [5.41, 5.74) is 0.699. The van der Waals surface area contributed by atoms with E-state index in [2.05, 4.69) is 26.1 Å². The van der Waals surface area contributed by atoms with Crippen molar-refractivity contribution in [1.82, 2.24) is 5.32 Å². The fourth-order valence-electron chi connectivity index (χ4n) is 1.81. The summed E-state index contributed by atoms with van der Waals surface area (Å²) in [5, 5.41) is 3.47. The van der Waals surface area contributed by atoms with Crippen molar-refractivity contribution < 1.29 is 0 Å². The van der Waals surface area contributed by atoms with Crippen LogP contribution in [0.1, 0.15) is 40.0 Å². The molecule has 1 aliphatic rings. The van der Waals surface area contributed by atoms with Crippen molar-refractivity contribution in [2.45, 2.75) is 40.0 Å². The van der Waals surface area contributed by atoms with Crippen molar-refractivity contribution in [3.05, 3.63) is 0 Å². The molecule has 0 amide bonds. The van der Waals surface area contributed by atoms with Crippen LogP contribution in [0, 0.1) is 11.3 Å². The molecular weight excluding hydrogens is 134 g/mol. The largest absolute Gasteiger partial charge is 0.316 e. The second-order valence-corrected chi connectivity index (χ2v) is 3.95. The Morgan fingerprint density at radius 2 is 2.00 bits per heavy atom. The van der Waals surface area contributed by atoms with Gasteiger partial charge < -0.3 is 5.32 Å². The first kappa shape index (κ1) is 9.05. The molecule has 0 bridgehead atoms. The molecule has 1 N–H and O–H groups in total. The van der Waals surface area contributed by atoms with E-state index in [4.69, 9.17) is 0 Å². The molecule has 0 spiro atoms. The average Bonchev–Trinajstić information content (AvgIpc) is 2.80. The predicted octanol–water partition coefficient (Wildman–Crippen LogP) is 2.42. The topological polar surface area (TPSA) is 12.0 Å². The first-order valence-corrected chi connectivity index (χ1v) is 4.96. The summed E-state index contributed by atoms with van der Waals surface area (Å²) >= 11 is 0. The molecule has 66 valence electrons. The van der Waals surface area contributed by atoms with Gasteiger partial charge in [0, 0.05) is 6.54 Å². The monoisotopic (exact) mass is 155 g/mol. The van der Waals surface area contributed by atoms with Crippen LogP contribution in [0.2, 0.25) is 0 Å². The fourth-order valence-corrected chi connectivity index (χ4v) is 1.81. The SMILES string of the molecule is CCNCC1(C(C)CC)CC1. The molecule has 11 heavy (non-hydrogen) atoms. The first-order chi connectivity index (χ1) is 5.25. The molecule has 0 aromatic heterocycles. The molecule has 0 radical (unpaired) electrons. The third-order valence-electron chi connectivity index (χ3n) is 3.28. The average molecular weight is 155 g/mol. The zero-order valence-electron chi connectivity index (χ0n) is 8.11. The standard InChI is InChI=1S/C10H21N/c1-4-9(3)10(6-7-10)8-11-5-2/h9,11H,4-8H2,1-3H3. The quantitative estimate of drug-likeness (QED) is 0.643. The third kappa shape index (κ3) is 1.96. The Labute approximate surface area is 70.6 Å². The molecule has 0 saturated heterocycles. The normalized spacial score (nSPS) is 23.2. The van der Waals surface area contributed by atoms with E-state index in [1.807, 2.05) is 0 Å². The Kier molecular flexibility index (Phi) is 2.94. The Morgan fingerprint density at radius 1 is 1.36 bits per heavy atom. The summed E-state index contributed by atoms with van der Waals surface area (Å²) in [5.74, 6) is 0.918. The molecule has 1 rings (SSSR count). The van der Waals surface area contributed by atoms with Gasteiger partial charge in [0.05, 0.1) is 0 Å². The van der Waals surface area contributed by atoms with Gasteiger partial charge in [-0.3, -0.25) is 0 Å². The maximum atomic E-state index is 3.47. The minimum atomic E-state index is 0.699.